The van der Waals surface area contributed by atoms with E-state index >= 15 is 0 Å². The lowest BCUT2D eigenvalue weighted by Gasteiger charge is -2.17. The van der Waals surface area contributed by atoms with E-state index in [4.69, 9.17) is 9.47 Å². The van der Waals surface area contributed by atoms with E-state index < -0.39 is 6.10 Å². The normalized spacial score (nSPS) is 11.8. The highest BCUT2D eigenvalue weighted by Crippen LogP contribution is 2.20. The molecule has 0 saturated heterocycles. The Morgan fingerprint density at radius 3 is 2.69 bits per heavy atom. The number of rotatable bonds is 8. The summed E-state index contributed by atoms with van der Waals surface area (Å²) in [6.07, 6.45) is 1.69. The fourth-order valence-electron chi connectivity index (χ4n) is 3.16. The van der Waals surface area contributed by atoms with E-state index in [2.05, 4.69) is 10.3 Å². The summed E-state index contributed by atoms with van der Waals surface area (Å²) in [7, 11) is 0. The lowest BCUT2D eigenvalue weighted by atomic mass is 10.2. The minimum absolute atomic E-state index is 0.136. The SMILES string of the molecule is CCC(Oc1ccccc1)C(=O)Nc1cccc(OCc2cc(=O)n3cc(C)sc3n2)c1. The average Bonchev–Trinajstić information content (AvgIpc) is 3.18. The summed E-state index contributed by atoms with van der Waals surface area (Å²) < 4.78 is 13.1. The molecular weight excluding hydrogens is 426 g/mol. The Balaban J connectivity index is 1.41. The van der Waals surface area contributed by atoms with Crippen LogP contribution in [0.4, 0.5) is 5.69 Å². The van der Waals surface area contributed by atoms with Gasteiger partial charge in [0.05, 0.1) is 5.69 Å². The van der Waals surface area contributed by atoms with Gasteiger partial charge in [-0.25, -0.2) is 4.98 Å². The van der Waals surface area contributed by atoms with Crippen molar-refractivity contribution in [3.8, 4) is 11.5 Å². The second-order valence-corrected chi connectivity index (χ2v) is 8.43. The molecule has 0 aliphatic heterocycles. The maximum Gasteiger partial charge on any atom is 0.265 e. The maximum absolute atomic E-state index is 12.7. The molecule has 1 amide bonds. The van der Waals surface area contributed by atoms with Gasteiger partial charge in [-0.2, -0.15) is 0 Å². The molecule has 2 heterocycles. The molecule has 1 atom stereocenters. The molecule has 0 radical (unpaired) electrons. The molecule has 0 spiro atoms. The number of nitrogens with zero attached hydrogens (tertiary/aromatic N) is 2. The van der Waals surface area contributed by atoms with Crippen LogP contribution in [0.1, 0.15) is 23.9 Å². The van der Waals surface area contributed by atoms with Crippen molar-refractivity contribution in [1.29, 1.82) is 0 Å². The first kappa shape index (κ1) is 21.6. The number of benzene rings is 2. The van der Waals surface area contributed by atoms with E-state index in [9.17, 15) is 9.59 Å². The number of aryl methyl sites for hydroxylation is 1. The zero-order valence-corrected chi connectivity index (χ0v) is 18.6. The van der Waals surface area contributed by atoms with E-state index in [-0.39, 0.29) is 18.1 Å². The number of fused-ring (bicyclic) bond motifs is 1. The fourth-order valence-corrected chi connectivity index (χ4v) is 4.01. The van der Waals surface area contributed by atoms with Crippen LogP contribution in [0.3, 0.4) is 0 Å². The van der Waals surface area contributed by atoms with Gasteiger partial charge in [0, 0.05) is 28.9 Å². The first-order valence-electron chi connectivity index (χ1n) is 10.3. The van der Waals surface area contributed by atoms with Crippen molar-refractivity contribution in [2.45, 2.75) is 33.0 Å². The van der Waals surface area contributed by atoms with Crippen LogP contribution >= 0.6 is 11.3 Å². The van der Waals surface area contributed by atoms with Gasteiger partial charge in [-0.1, -0.05) is 31.2 Å². The van der Waals surface area contributed by atoms with Gasteiger partial charge in [-0.15, -0.1) is 11.3 Å². The summed E-state index contributed by atoms with van der Waals surface area (Å²) in [5, 5.41) is 2.88. The number of hydrogen-bond acceptors (Lipinski definition) is 6. The number of amides is 1. The van der Waals surface area contributed by atoms with Crippen molar-refractivity contribution in [3.05, 3.63) is 87.8 Å². The summed E-state index contributed by atoms with van der Waals surface area (Å²) in [6.45, 7) is 3.98. The predicted octanol–water partition coefficient (Wildman–Crippen LogP) is 4.44. The summed E-state index contributed by atoms with van der Waals surface area (Å²) in [5.41, 5.74) is 1.01. The molecule has 0 bridgehead atoms. The first-order chi connectivity index (χ1) is 15.5. The van der Waals surface area contributed by atoms with E-state index in [1.807, 2.05) is 44.2 Å². The van der Waals surface area contributed by atoms with Crippen molar-refractivity contribution < 1.29 is 14.3 Å². The molecule has 1 N–H and O–H groups in total. The molecule has 0 aliphatic carbocycles. The number of para-hydroxylation sites is 1. The van der Waals surface area contributed by atoms with Crippen molar-refractivity contribution in [3.63, 3.8) is 0 Å². The smallest absolute Gasteiger partial charge is 0.265 e. The van der Waals surface area contributed by atoms with Crippen LogP contribution in [0.5, 0.6) is 11.5 Å². The third kappa shape index (κ3) is 5.15. The van der Waals surface area contributed by atoms with Crippen LogP contribution in [0, 0.1) is 6.92 Å². The number of anilines is 1. The molecule has 0 saturated carbocycles. The van der Waals surface area contributed by atoms with E-state index in [1.165, 1.54) is 21.8 Å². The number of nitrogens with one attached hydrogen (secondary N) is 1. The Kier molecular flexibility index (Phi) is 6.51. The standard InChI is InChI=1S/C24H23N3O4S/c1-3-21(31-19-9-5-4-6-10-19)23(29)25-17-8-7-11-20(12-17)30-15-18-13-22(28)27-14-16(2)32-24(27)26-18/h4-14,21H,3,15H2,1-2H3,(H,25,29). The van der Waals surface area contributed by atoms with Crippen LogP contribution < -0.4 is 20.3 Å². The number of ether oxygens (including phenoxy) is 2. The number of aromatic nitrogens is 2. The molecule has 1 unspecified atom stereocenters. The molecule has 2 aromatic heterocycles. The Bertz CT molecular complexity index is 1280. The molecule has 32 heavy (non-hydrogen) atoms. The van der Waals surface area contributed by atoms with Crippen LogP contribution in [-0.2, 0) is 11.4 Å². The van der Waals surface area contributed by atoms with Gasteiger partial charge in [0.2, 0.25) is 0 Å². The van der Waals surface area contributed by atoms with Crippen LogP contribution in [0.25, 0.3) is 4.96 Å². The Morgan fingerprint density at radius 2 is 1.91 bits per heavy atom. The van der Waals surface area contributed by atoms with Crippen LogP contribution in [0.15, 0.2) is 71.7 Å². The summed E-state index contributed by atoms with van der Waals surface area (Å²) in [6, 6.07) is 17.8. The van der Waals surface area contributed by atoms with Gasteiger partial charge in [0.25, 0.3) is 11.5 Å². The average molecular weight is 450 g/mol. The lowest BCUT2D eigenvalue weighted by Crippen LogP contribution is -2.32. The summed E-state index contributed by atoms with van der Waals surface area (Å²) >= 11 is 1.45. The Labute approximate surface area is 189 Å². The van der Waals surface area contributed by atoms with Gasteiger partial charge < -0.3 is 14.8 Å². The van der Waals surface area contributed by atoms with Crippen molar-refractivity contribution in [1.82, 2.24) is 9.38 Å². The largest absolute Gasteiger partial charge is 0.487 e. The highest BCUT2D eigenvalue weighted by Gasteiger charge is 2.18. The highest BCUT2D eigenvalue weighted by molar-refractivity contribution is 7.16. The Morgan fingerprint density at radius 1 is 1.12 bits per heavy atom. The predicted molar refractivity (Wildman–Crippen MR) is 125 cm³/mol. The maximum atomic E-state index is 12.7. The molecule has 164 valence electrons. The number of carbonyl (C=O) groups excluding carboxylic acids is 1. The molecular formula is C24H23N3O4S. The minimum Gasteiger partial charge on any atom is -0.487 e. The number of hydrogen-bond donors (Lipinski definition) is 1. The molecule has 2 aromatic carbocycles. The fraction of sp³-hybridized carbons (Fsp3) is 0.208. The molecule has 7 nitrogen and oxygen atoms in total. The highest BCUT2D eigenvalue weighted by atomic mass is 32.1. The van der Waals surface area contributed by atoms with E-state index in [0.29, 0.717) is 34.3 Å². The second kappa shape index (κ2) is 9.65. The third-order valence-corrected chi connectivity index (χ3v) is 5.61. The second-order valence-electron chi connectivity index (χ2n) is 7.21. The summed E-state index contributed by atoms with van der Waals surface area (Å²) in [5.74, 6) is 0.971. The van der Waals surface area contributed by atoms with Gasteiger partial charge in [-0.3, -0.25) is 14.0 Å². The van der Waals surface area contributed by atoms with Crippen molar-refractivity contribution in [2.75, 3.05) is 5.32 Å². The quantitative estimate of drug-likeness (QED) is 0.430. The first-order valence-corrected chi connectivity index (χ1v) is 11.1. The minimum atomic E-state index is -0.611. The van der Waals surface area contributed by atoms with E-state index in [0.717, 1.165) is 4.88 Å². The molecule has 0 fully saturated rings. The third-order valence-electron chi connectivity index (χ3n) is 4.71. The number of thiazole rings is 1. The number of carbonyl (C=O) groups is 1. The zero-order chi connectivity index (χ0) is 22.5. The zero-order valence-electron chi connectivity index (χ0n) is 17.8. The van der Waals surface area contributed by atoms with Gasteiger partial charge in [-0.05, 0) is 37.6 Å². The van der Waals surface area contributed by atoms with Crippen LogP contribution in [-0.4, -0.2) is 21.4 Å². The van der Waals surface area contributed by atoms with Crippen LogP contribution in [0.2, 0.25) is 0 Å². The van der Waals surface area contributed by atoms with Gasteiger partial charge in [0.1, 0.15) is 18.1 Å². The van der Waals surface area contributed by atoms with Crippen molar-refractivity contribution >= 4 is 27.9 Å². The molecule has 4 rings (SSSR count). The van der Waals surface area contributed by atoms with Crippen molar-refractivity contribution in [2.24, 2.45) is 0 Å². The summed E-state index contributed by atoms with van der Waals surface area (Å²) in [4.78, 5) is 31.1. The lowest BCUT2D eigenvalue weighted by molar-refractivity contribution is -0.122. The monoisotopic (exact) mass is 449 g/mol. The topological polar surface area (TPSA) is 81.9 Å². The van der Waals surface area contributed by atoms with E-state index in [1.54, 1.807) is 30.5 Å². The Hall–Kier alpha value is -3.65. The van der Waals surface area contributed by atoms with Gasteiger partial charge in [0.15, 0.2) is 11.1 Å². The molecule has 8 heteroatoms. The molecule has 0 aliphatic rings. The molecule has 4 aromatic rings. The van der Waals surface area contributed by atoms with Gasteiger partial charge >= 0.3 is 0 Å².